The van der Waals surface area contributed by atoms with Crippen LogP contribution in [0.25, 0.3) is 0 Å². The number of methoxy groups -OCH3 is 1. The second-order valence-electron chi connectivity index (χ2n) is 7.50. The molecule has 2 aliphatic heterocycles. The van der Waals surface area contributed by atoms with Crippen molar-refractivity contribution in [1.29, 1.82) is 0 Å². The number of carbonyl (C=O) groups excluding carboxylic acids is 1. The van der Waals surface area contributed by atoms with Gasteiger partial charge in [-0.2, -0.15) is 10.2 Å². The summed E-state index contributed by atoms with van der Waals surface area (Å²) in [5, 5.41) is 10.1. The van der Waals surface area contributed by atoms with Gasteiger partial charge in [-0.3, -0.25) is 0 Å². The Morgan fingerprint density at radius 1 is 1.17 bits per heavy atom. The first-order chi connectivity index (χ1) is 14.1. The molecule has 0 radical (unpaired) electrons. The van der Waals surface area contributed by atoms with E-state index >= 15 is 0 Å². The van der Waals surface area contributed by atoms with Crippen LogP contribution in [0.5, 0.6) is 0 Å². The molecule has 0 aromatic heterocycles. The van der Waals surface area contributed by atoms with E-state index in [2.05, 4.69) is 21.6 Å². The van der Waals surface area contributed by atoms with Crippen molar-refractivity contribution in [3.8, 4) is 0 Å². The summed E-state index contributed by atoms with van der Waals surface area (Å²) in [6, 6.07) is 2.07. The Kier molecular flexibility index (Phi) is 8.09. The summed E-state index contributed by atoms with van der Waals surface area (Å²) in [6.07, 6.45) is 9.47. The van der Waals surface area contributed by atoms with E-state index < -0.39 is 10.7 Å². The van der Waals surface area contributed by atoms with Crippen LogP contribution in [0, 0.1) is 0 Å². The Morgan fingerprint density at radius 2 is 1.83 bits per heavy atom. The van der Waals surface area contributed by atoms with Crippen molar-refractivity contribution >= 4 is 22.8 Å². The first-order valence-electron chi connectivity index (χ1n) is 9.82. The number of hydrogen-bond acceptors (Lipinski definition) is 8. The first kappa shape index (κ1) is 23.4. The van der Waals surface area contributed by atoms with Gasteiger partial charge in [-0.1, -0.05) is 17.2 Å². The van der Waals surface area contributed by atoms with Gasteiger partial charge in [-0.15, -0.1) is 16.8 Å². The Labute approximate surface area is 199 Å². The van der Waals surface area contributed by atoms with E-state index in [0.29, 0.717) is 18.8 Å². The largest absolute Gasteiger partial charge is 1.00 e. The Bertz CT molecular complexity index is 920. The summed E-state index contributed by atoms with van der Waals surface area (Å²) in [4.78, 5) is 10.5. The summed E-state index contributed by atoms with van der Waals surface area (Å²) < 4.78 is 31.7. The number of aryl methyl sites for hydroxylation is 2. The van der Waals surface area contributed by atoms with E-state index in [1.165, 1.54) is 47.9 Å². The predicted molar refractivity (Wildman–Crippen MR) is 106 cm³/mol. The molecular formula is C20H23N3NaO5S-. The molecule has 1 fully saturated rings. The van der Waals surface area contributed by atoms with Gasteiger partial charge in [0.1, 0.15) is 18.4 Å². The van der Waals surface area contributed by atoms with Gasteiger partial charge in [-0.25, -0.2) is 0 Å². The number of rotatable bonds is 4. The Balaban J connectivity index is 0.000000166. The molecule has 1 N–H and O–H groups in total. The smallest absolute Gasteiger partial charge is 0.493 e. The quantitative estimate of drug-likeness (QED) is 0.304. The van der Waals surface area contributed by atoms with Gasteiger partial charge in [0, 0.05) is 13.5 Å². The van der Waals surface area contributed by atoms with Gasteiger partial charge in [0.15, 0.2) is 0 Å². The number of fused-ring (bicyclic) bond motifs is 3. The maximum Gasteiger partial charge on any atom is 1.00 e. The molecule has 5 rings (SSSR count). The average molecular weight is 440 g/mol. The van der Waals surface area contributed by atoms with Crippen LogP contribution in [0.1, 0.15) is 41.5 Å². The number of hydrogen-bond donors (Lipinski definition) is 1. The van der Waals surface area contributed by atoms with Crippen molar-refractivity contribution in [1.82, 2.24) is 0 Å². The molecule has 156 valence electrons. The SMILES string of the molecule is CO[C@H]1COC2=C([S-](=O)=O)N=NC2C1.O=[C-]Nc1c2c(cc3c1CCC3)CCC2.[Na+]. The third-order valence-electron chi connectivity index (χ3n) is 5.85. The number of ether oxygens (including phenoxy) is 2. The van der Waals surface area contributed by atoms with Crippen molar-refractivity contribution in [2.24, 2.45) is 10.2 Å². The van der Waals surface area contributed by atoms with E-state index in [1.54, 1.807) is 7.11 Å². The monoisotopic (exact) mass is 440 g/mol. The van der Waals surface area contributed by atoms with E-state index in [9.17, 15) is 13.2 Å². The summed E-state index contributed by atoms with van der Waals surface area (Å²) >= 11 is 0. The third kappa shape index (κ3) is 4.65. The Morgan fingerprint density at radius 3 is 2.40 bits per heavy atom. The molecule has 4 aliphatic rings. The number of amides is 1. The van der Waals surface area contributed by atoms with Crippen LogP contribution < -0.4 is 34.9 Å². The molecule has 0 bridgehead atoms. The standard InChI is InChI=1S/C13H14NO.C7H9N2O4S.Na/c15-8-14-13-11-5-1-3-9(11)7-10-4-2-6-12(10)13;1-12-4-2-5-6(13-3-4)7(9-8-5)14(10)11;/h7H,1-6H2,(H,14,15);4-5H,2-3H2,1H3;/q2*-1;+1/t;4-,5?;/m.1./s1. The predicted octanol–water partition coefficient (Wildman–Crippen LogP) is -0.118. The third-order valence-corrected chi connectivity index (χ3v) is 6.45. The van der Waals surface area contributed by atoms with Gasteiger partial charge in [0.2, 0.25) is 0 Å². The van der Waals surface area contributed by atoms with Crippen LogP contribution in [-0.2, 0) is 59.1 Å². The maximum absolute atomic E-state index is 10.7. The average Bonchev–Trinajstić information content (AvgIpc) is 3.46. The topological polar surface area (TPSA) is 106 Å². The minimum Gasteiger partial charge on any atom is -0.493 e. The summed E-state index contributed by atoms with van der Waals surface area (Å²) in [6.45, 7) is 0.355. The van der Waals surface area contributed by atoms with E-state index in [4.69, 9.17) is 9.47 Å². The molecule has 1 aromatic rings. The molecule has 0 saturated carbocycles. The molecule has 2 heterocycles. The zero-order valence-electron chi connectivity index (χ0n) is 17.2. The zero-order chi connectivity index (χ0) is 20.4. The number of azo groups is 1. The van der Waals surface area contributed by atoms with E-state index in [-0.39, 0.29) is 46.7 Å². The molecule has 2 atom stereocenters. The fourth-order valence-electron chi connectivity index (χ4n) is 4.48. The number of nitrogens with zero attached hydrogens (tertiary/aromatic N) is 2. The van der Waals surface area contributed by atoms with Gasteiger partial charge in [-0.05, 0) is 49.2 Å². The van der Waals surface area contributed by atoms with Gasteiger partial charge in [0.05, 0.1) is 17.5 Å². The first-order valence-corrected chi connectivity index (χ1v) is 10.9. The molecule has 10 heteroatoms. The fraction of sp³-hybridized carbons (Fsp3) is 0.550. The summed E-state index contributed by atoms with van der Waals surface area (Å²) in [7, 11) is -0.784. The van der Waals surface area contributed by atoms with Gasteiger partial charge < -0.3 is 28.0 Å². The number of benzene rings is 1. The molecule has 1 aromatic carbocycles. The zero-order valence-corrected chi connectivity index (χ0v) is 20.0. The minimum absolute atomic E-state index is 0. The second-order valence-corrected chi connectivity index (χ2v) is 8.36. The van der Waals surface area contributed by atoms with Crippen LogP contribution >= 0.6 is 0 Å². The molecule has 30 heavy (non-hydrogen) atoms. The van der Waals surface area contributed by atoms with E-state index in [0.717, 1.165) is 18.5 Å². The minimum atomic E-state index is -2.37. The molecule has 1 amide bonds. The maximum atomic E-state index is 10.7. The molecule has 8 nitrogen and oxygen atoms in total. The van der Waals surface area contributed by atoms with Crippen molar-refractivity contribution in [2.45, 2.75) is 57.1 Å². The van der Waals surface area contributed by atoms with Crippen LogP contribution in [0.2, 0.25) is 0 Å². The second kappa shape index (κ2) is 10.4. The van der Waals surface area contributed by atoms with Crippen molar-refractivity contribution in [3.05, 3.63) is 39.1 Å². The van der Waals surface area contributed by atoms with Crippen LogP contribution in [-0.4, -0.2) is 32.3 Å². The van der Waals surface area contributed by atoms with Crippen LogP contribution in [0.15, 0.2) is 27.1 Å². The van der Waals surface area contributed by atoms with Crippen molar-refractivity contribution in [2.75, 3.05) is 19.0 Å². The molecule has 2 aliphatic carbocycles. The van der Waals surface area contributed by atoms with Crippen molar-refractivity contribution in [3.63, 3.8) is 0 Å². The van der Waals surface area contributed by atoms with Gasteiger partial charge in [0.25, 0.3) is 0 Å². The number of anilines is 1. The number of nitrogens with one attached hydrogen (secondary N) is 1. The van der Waals surface area contributed by atoms with E-state index in [1.807, 2.05) is 6.41 Å². The molecular weight excluding hydrogens is 417 g/mol. The van der Waals surface area contributed by atoms with Crippen molar-refractivity contribution < 1.29 is 52.2 Å². The summed E-state index contributed by atoms with van der Waals surface area (Å²) in [5.41, 5.74) is 6.74. The molecule has 1 unspecified atom stereocenters. The van der Waals surface area contributed by atoms with Crippen LogP contribution in [0.4, 0.5) is 5.69 Å². The summed E-state index contributed by atoms with van der Waals surface area (Å²) in [5.74, 6) is 0.353. The normalized spacial score (nSPS) is 23.0. The molecule has 1 saturated heterocycles. The van der Waals surface area contributed by atoms with Crippen LogP contribution in [0.3, 0.4) is 0 Å². The van der Waals surface area contributed by atoms with Gasteiger partial charge >= 0.3 is 29.6 Å². The Hall–Kier alpha value is -1.26. The molecule has 0 spiro atoms. The fourth-order valence-corrected chi connectivity index (χ4v) is 4.95.